The molecule has 0 bridgehead atoms. The van der Waals surface area contributed by atoms with E-state index in [4.69, 9.17) is 5.11 Å². The molecule has 2 N–H and O–H groups in total. The minimum atomic E-state index is -0.774. The van der Waals surface area contributed by atoms with Crippen molar-refractivity contribution in [1.82, 2.24) is 0 Å². The minimum Gasteiger partial charge on any atom is -0.481 e. The first-order chi connectivity index (χ1) is 13.5. The van der Waals surface area contributed by atoms with Gasteiger partial charge in [-0.05, 0) is 43.4 Å². The number of anilines is 1. The van der Waals surface area contributed by atoms with Crippen molar-refractivity contribution in [2.45, 2.75) is 76.9 Å². The van der Waals surface area contributed by atoms with Gasteiger partial charge in [0.2, 0.25) is 0 Å². The van der Waals surface area contributed by atoms with Crippen LogP contribution in [0.2, 0.25) is 0 Å². The van der Waals surface area contributed by atoms with Crippen molar-refractivity contribution in [3.05, 3.63) is 42.0 Å². The van der Waals surface area contributed by atoms with E-state index in [1.54, 1.807) is 0 Å². The summed E-state index contributed by atoms with van der Waals surface area (Å²) < 4.78 is 0. The van der Waals surface area contributed by atoms with E-state index in [2.05, 4.69) is 11.8 Å². The number of carbonyl (C=O) groups excluding carboxylic acids is 1. The van der Waals surface area contributed by atoms with E-state index in [1.807, 2.05) is 36.4 Å². The molecule has 2 rings (SSSR count). The molecule has 0 aliphatic carbocycles. The van der Waals surface area contributed by atoms with E-state index >= 15 is 0 Å². The quantitative estimate of drug-likeness (QED) is 0.403. The van der Waals surface area contributed by atoms with E-state index in [-0.39, 0.29) is 18.2 Å². The van der Waals surface area contributed by atoms with Crippen molar-refractivity contribution < 1.29 is 19.8 Å². The molecule has 5 nitrogen and oxygen atoms in total. The number of Topliss-reactive ketones (excluding diaryl/α,β-unsaturated/α-hetero) is 1. The van der Waals surface area contributed by atoms with Crippen molar-refractivity contribution in [1.29, 1.82) is 0 Å². The Hall–Kier alpha value is -2.14. The summed E-state index contributed by atoms with van der Waals surface area (Å²) >= 11 is 0. The van der Waals surface area contributed by atoms with E-state index in [0.717, 1.165) is 49.9 Å². The predicted octanol–water partition coefficient (Wildman–Crippen LogP) is 4.65. The maximum atomic E-state index is 12.3. The van der Waals surface area contributed by atoms with E-state index in [9.17, 15) is 14.7 Å². The molecule has 1 aliphatic rings. The Morgan fingerprint density at radius 1 is 1.21 bits per heavy atom. The Bertz CT molecular complexity index is 653. The number of carbonyl (C=O) groups is 2. The normalized spacial score (nSPS) is 18.1. The molecule has 0 saturated carbocycles. The highest BCUT2D eigenvalue weighted by Gasteiger charge is 2.31. The Labute approximate surface area is 168 Å². The van der Waals surface area contributed by atoms with Gasteiger partial charge in [0.1, 0.15) is 0 Å². The lowest BCUT2D eigenvalue weighted by molar-refractivity contribution is -0.137. The standard InChI is InChI=1S/C23H33NO4/c1-2-3-6-10-21(25)18-12-14-19(15-13-18)24-17-16-22(26)20(24)9-7-4-5-8-11-23(27)28/h4,7,12-15,20-21,25H,2-3,5-6,8-11,16-17H2,1H3,(H,27,28)/t20-,21?/m0/s1. The molecular weight excluding hydrogens is 354 g/mol. The molecule has 0 spiro atoms. The summed E-state index contributed by atoms with van der Waals surface area (Å²) in [5.41, 5.74) is 1.94. The summed E-state index contributed by atoms with van der Waals surface area (Å²) in [4.78, 5) is 25.0. The lowest BCUT2D eigenvalue weighted by atomic mass is 10.0. The van der Waals surface area contributed by atoms with Gasteiger partial charge in [0.25, 0.3) is 0 Å². The fourth-order valence-corrected chi connectivity index (χ4v) is 3.65. The highest BCUT2D eigenvalue weighted by molar-refractivity contribution is 5.91. The number of hydrogen-bond acceptors (Lipinski definition) is 4. The number of benzene rings is 1. The maximum Gasteiger partial charge on any atom is 0.303 e. The number of nitrogens with zero attached hydrogens (tertiary/aromatic N) is 1. The summed E-state index contributed by atoms with van der Waals surface area (Å²) in [6, 6.07) is 7.78. The van der Waals surface area contributed by atoms with Crippen LogP contribution in [-0.2, 0) is 9.59 Å². The summed E-state index contributed by atoms with van der Waals surface area (Å²) in [5.74, 6) is -0.525. The van der Waals surface area contributed by atoms with Crippen LogP contribution in [0.3, 0.4) is 0 Å². The molecule has 0 amide bonds. The van der Waals surface area contributed by atoms with Crippen LogP contribution in [0.1, 0.15) is 76.4 Å². The monoisotopic (exact) mass is 387 g/mol. The topological polar surface area (TPSA) is 77.8 Å². The van der Waals surface area contributed by atoms with Crippen LogP contribution in [0.15, 0.2) is 36.4 Å². The third kappa shape index (κ3) is 6.79. The van der Waals surface area contributed by atoms with Crippen LogP contribution in [0, 0.1) is 0 Å². The highest BCUT2D eigenvalue weighted by atomic mass is 16.4. The van der Waals surface area contributed by atoms with Gasteiger partial charge in [-0.15, -0.1) is 0 Å². The van der Waals surface area contributed by atoms with E-state index < -0.39 is 12.1 Å². The third-order valence-electron chi connectivity index (χ3n) is 5.33. The van der Waals surface area contributed by atoms with Crippen LogP contribution in [0.25, 0.3) is 0 Å². The molecule has 1 aliphatic heterocycles. The van der Waals surface area contributed by atoms with Gasteiger partial charge in [-0.2, -0.15) is 0 Å². The lowest BCUT2D eigenvalue weighted by Crippen LogP contribution is -2.32. The molecule has 1 heterocycles. The first-order valence-electron chi connectivity index (χ1n) is 10.5. The SMILES string of the molecule is CCCCCC(O)c1ccc(N2CCC(=O)[C@@H]2CC=CCCCC(=O)O)cc1. The largest absolute Gasteiger partial charge is 0.481 e. The van der Waals surface area contributed by atoms with Crippen LogP contribution in [0.4, 0.5) is 5.69 Å². The fourth-order valence-electron chi connectivity index (χ4n) is 3.65. The molecule has 154 valence electrons. The van der Waals surface area contributed by atoms with Gasteiger partial charge >= 0.3 is 5.97 Å². The van der Waals surface area contributed by atoms with Gasteiger partial charge in [-0.25, -0.2) is 0 Å². The summed E-state index contributed by atoms with van der Waals surface area (Å²) in [6.45, 7) is 2.87. The molecule has 0 aromatic heterocycles. The third-order valence-corrected chi connectivity index (χ3v) is 5.33. The van der Waals surface area contributed by atoms with Crippen molar-refractivity contribution in [2.24, 2.45) is 0 Å². The average molecular weight is 388 g/mol. The highest BCUT2D eigenvalue weighted by Crippen LogP contribution is 2.28. The zero-order valence-electron chi connectivity index (χ0n) is 16.8. The number of unbranched alkanes of at least 4 members (excludes halogenated alkanes) is 3. The van der Waals surface area contributed by atoms with Crippen molar-refractivity contribution in [3.63, 3.8) is 0 Å². The number of aliphatic hydroxyl groups excluding tert-OH is 1. The predicted molar refractivity (Wildman–Crippen MR) is 112 cm³/mol. The van der Waals surface area contributed by atoms with Crippen molar-refractivity contribution in [3.8, 4) is 0 Å². The summed E-state index contributed by atoms with van der Waals surface area (Å²) in [5, 5.41) is 19.0. The number of carboxylic acids is 1. The lowest BCUT2D eigenvalue weighted by Gasteiger charge is -2.25. The molecular formula is C23H33NO4. The average Bonchev–Trinajstić information content (AvgIpc) is 3.05. The molecule has 1 fully saturated rings. The zero-order chi connectivity index (χ0) is 20.4. The van der Waals surface area contributed by atoms with Gasteiger partial charge in [-0.3, -0.25) is 9.59 Å². The molecule has 0 radical (unpaired) electrons. The fraction of sp³-hybridized carbons (Fsp3) is 0.565. The van der Waals surface area contributed by atoms with Gasteiger partial charge in [0, 0.05) is 25.1 Å². The molecule has 1 aromatic rings. The maximum absolute atomic E-state index is 12.3. The number of ketones is 1. The Morgan fingerprint density at radius 2 is 1.96 bits per heavy atom. The second-order valence-electron chi connectivity index (χ2n) is 7.52. The Kier molecular flexibility index (Phi) is 9.21. The van der Waals surface area contributed by atoms with Gasteiger partial charge in [0.05, 0.1) is 12.1 Å². The second kappa shape index (κ2) is 11.6. The Morgan fingerprint density at radius 3 is 2.64 bits per heavy atom. The van der Waals surface area contributed by atoms with E-state index in [0.29, 0.717) is 19.3 Å². The molecule has 28 heavy (non-hydrogen) atoms. The molecule has 1 unspecified atom stereocenters. The summed E-state index contributed by atoms with van der Waals surface area (Å²) in [7, 11) is 0. The van der Waals surface area contributed by atoms with Gasteiger partial charge in [0.15, 0.2) is 5.78 Å². The van der Waals surface area contributed by atoms with Crippen LogP contribution >= 0.6 is 0 Å². The smallest absolute Gasteiger partial charge is 0.303 e. The minimum absolute atomic E-state index is 0.156. The number of hydrogen-bond donors (Lipinski definition) is 2. The number of allylic oxidation sites excluding steroid dienone is 1. The molecule has 5 heteroatoms. The molecule has 1 saturated heterocycles. The first kappa shape index (κ1) is 22.2. The Balaban J connectivity index is 1.90. The number of carboxylic acid groups (broad SMARTS) is 1. The number of aliphatic carboxylic acids is 1. The van der Waals surface area contributed by atoms with Crippen LogP contribution < -0.4 is 4.90 Å². The van der Waals surface area contributed by atoms with Crippen LogP contribution in [0.5, 0.6) is 0 Å². The second-order valence-corrected chi connectivity index (χ2v) is 7.52. The first-order valence-corrected chi connectivity index (χ1v) is 10.5. The molecule has 2 atom stereocenters. The van der Waals surface area contributed by atoms with Crippen molar-refractivity contribution >= 4 is 17.4 Å². The number of aliphatic hydroxyl groups is 1. The van der Waals surface area contributed by atoms with Gasteiger partial charge < -0.3 is 15.1 Å². The zero-order valence-corrected chi connectivity index (χ0v) is 16.8. The van der Waals surface area contributed by atoms with Gasteiger partial charge in [-0.1, -0.05) is 50.5 Å². The number of rotatable bonds is 12. The summed E-state index contributed by atoms with van der Waals surface area (Å²) in [6.07, 6.45) is 10.4. The van der Waals surface area contributed by atoms with Crippen LogP contribution in [-0.4, -0.2) is 34.6 Å². The van der Waals surface area contributed by atoms with E-state index in [1.165, 1.54) is 0 Å². The molecule has 1 aromatic carbocycles. The van der Waals surface area contributed by atoms with Crippen molar-refractivity contribution in [2.75, 3.05) is 11.4 Å².